The van der Waals surface area contributed by atoms with Crippen molar-refractivity contribution in [3.63, 3.8) is 0 Å². The zero-order chi connectivity index (χ0) is 24.4. The average Bonchev–Trinajstić information content (AvgIpc) is 3.10. The van der Waals surface area contributed by atoms with Crippen LogP contribution in [0.1, 0.15) is 36.6 Å². The Balaban J connectivity index is 1.83. The summed E-state index contributed by atoms with van der Waals surface area (Å²) in [4.78, 5) is 28.0. The third-order valence-corrected chi connectivity index (χ3v) is 5.94. The number of aliphatic hydroxyl groups is 1. The molecule has 0 aliphatic carbocycles. The number of carbonyl (C=O) groups excluding carboxylic acids is 2. The van der Waals surface area contributed by atoms with E-state index in [0.29, 0.717) is 40.1 Å². The van der Waals surface area contributed by atoms with Crippen LogP contribution < -0.4 is 9.64 Å². The number of ether oxygens (including phenoxy) is 1. The summed E-state index contributed by atoms with van der Waals surface area (Å²) in [5.74, 6) is -0.641. The van der Waals surface area contributed by atoms with E-state index in [2.05, 4.69) is 13.8 Å². The summed E-state index contributed by atoms with van der Waals surface area (Å²) in [5, 5.41) is 11.7. The molecule has 1 fully saturated rings. The van der Waals surface area contributed by atoms with Crippen LogP contribution in [0.4, 0.5) is 5.69 Å². The third kappa shape index (κ3) is 4.57. The molecular weight excluding hydrogens is 450 g/mol. The Morgan fingerprint density at radius 3 is 2.35 bits per heavy atom. The van der Waals surface area contributed by atoms with Crippen molar-refractivity contribution >= 4 is 34.7 Å². The Morgan fingerprint density at radius 2 is 1.71 bits per heavy atom. The van der Waals surface area contributed by atoms with Gasteiger partial charge in [-0.05, 0) is 60.4 Å². The molecule has 3 aromatic carbocycles. The molecule has 1 atom stereocenters. The number of halogens is 1. The van der Waals surface area contributed by atoms with Crippen molar-refractivity contribution in [2.45, 2.75) is 26.8 Å². The summed E-state index contributed by atoms with van der Waals surface area (Å²) < 4.78 is 5.72. The molecule has 6 heteroatoms. The number of carbonyl (C=O) groups is 2. The van der Waals surface area contributed by atoms with Crippen molar-refractivity contribution in [3.8, 4) is 5.75 Å². The predicted octanol–water partition coefficient (Wildman–Crippen LogP) is 6.31. The Hall–Kier alpha value is -3.57. The minimum atomic E-state index is -0.796. The highest BCUT2D eigenvalue weighted by atomic mass is 35.5. The number of aryl methyl sites for hydroxylation is 1. The third-order valence-electron chi connectivity index (χ3n) is 5.70. The van der Waals surface area contributed by atoms with Crippen LogP contribution in [0.25, 0.3) is 5.76 Å². The van der Waals surface area contributed by atoms with Crippen LogP contribution in [0, 0.1) is 12.8 Å². The van der Waals surface area contributed by atoms with Gasteiger partial charge in [0.1, 0.15) is 11.5 Å². The van der Waals surface area contributed by atoms with E-state index in [0.717, 1.165) is 5.56 Å². The number of hydrogen-bond acceptors (Lipinski definition) is 4. The number of benzene rings is 3. The first-order valence-electron chi connectivity index (χ1n) is 11.1. The molecule has 1 amide bonds. The summed E-state index contributed by atoms with van der Waals surface area (Å²) in [6.07, 6.45) is 0. The van der Waals surface area contributed by atoms with Gasteiger partial charge in [-0.2, -0.15) is 0 Å². The van der Waals surface area contributed by atoms with E-state index in [1.807, 2.05) is 37.3 Å². The summed E-state index contributed by atoms with van der Waals surface area (Å²) in [6, 6.07) is 20.5. The van der Waals surface area contributed by atoms with Crippen molar-refractivity contribution in [1.82, 2.24) is 0 Å². The van der Waals surface area contributed by atoms with Crippen molar-refractivity contribution in [3.05, 3.63) is 100 Å². The molecule has 0 bridgehead atoms. The van der Waals surface area contributed by atoms with Crippen molar-refractivity contribution in [2.75, 3.05) is 11.5 Å². The Kier molecular flexibility index (Phi) is 6.75. The number of ketones is 1. The van der Waals surface area contributed by atoms with Crippen LogP contribution in [0.15, 0.2) is 78.4 Å². The number of nitrogens with zero attached hydrogens (tertiary/aromatic N) is 1. The highest BCUT2D eigenvalue weighted by molar-refractivity contribution is 6.52. The summed E-state index contributed by atoms with van der Waals surface area (Å²) in [6.45, 7) is 6.54. The Morgan fingerprint density at radius 1 is 1.03 bits per heavy atom. The molecule has 5 nitrogen and oxygen atoms in total. The van der Waals surface area contributed by atoms with E-state index in [1.54, 1.807) is 42.5 Å². The number of rotatable bonds is 6. The monoisotopic (exact) mass is 475 g/mol. The standard InChI is InChI=1S/C28H26ClNO4/c1-17(2)16-34-22-13-10-20(11-14-22)26(31)24-25(19-7-5-4-6-8-19)30(28(33)27(24)32)23-15-21(29)12-9-18(23)3/h4-15,17,25,31H,16H2,1-3H3/b26-24+. The van der Waals surface area contributed by atoms with Gasteiger partial charge in [0.05, 0.1) is 18.2 Å². The molecular formula is C28H26ClNO4. The molecule has 1 aliphatic rings. The van der Waals surface area contributed by atoms with Crippen molar-refractivity contribution in [1.29, 1.82) is 0 Å². The molecule has 4 rings (SSSR count). The van der Waals surface area contributed by atoms with E-state index >= 15 is 0 Å². The second-order valence-electron chi connectivity index (χ2n) is 8.74. The molecule has 0 saturated carbocycles. The summed E-state index contributed by atoms with van der Waals surface area (Å²) in [5.41, 5.74) is 2.49. The smallest absolute Gasteiger partial charge is 0.300 e. The van der Waals surface area contributed by atoms with Crippen molar-refractivity contribution in [2.24, 2.45) is 5.92 Å². The molecule has 0 aromatic heterocycles. The number of anilines is 1. The highest BCUT2D eigenvalue weighted by Gasteiger charge is 2.47. The number of aliphatic hydroxyl groups excluding tert-OH is 1. The molecule has 1 unspecified atom stereocenters. The van der Waals surface area contributed by atoms with E-state index in [4.69, 9.17) is 16.3 Å². The first-order chi connectivity index (χ1) is 16.3. The first kappa shape index (κ1) is 23.6. The van der Waals surface area contributed by atoms with Crippen LogP contribution in [0.3, 0.4) is 0 Å². The lowest BCUT2D eigenvalue weighted by molar-refractivity contribution is -0.132. The molecule has 1 saturated heterocycles. The summed E-state index contributed by atoms with van der Waals surface area (Å²) in [7, 11) is 0. The van der Waals surface area contributed by atoms with Crippen LogP contribution >= 0.6 is 11.6 Å². The fourth-order valence-electron chi connectivity index (χ4n) is 4.00. The zero-order valence-corrected chi connectivity index (χ0v) is 20.0. The van der Waals surface area contributed by atoms with Gasteiger partial charge < -0.3 is 9.84 Å². The largest absolute Gasteiger partial charge is 0.507 e. The molecule has 0 spiro atoms. The maximum Gasteiger partial charge on any atom is 0.300 e. The molecule has 1 aliphatic heterocycles. The lowest BCUT2D eigenvalue weighted by Crippen LogP contribution is -2.30. The molecule has 1 heterocycles. The van der Waals surface area contributed by atoms with E-state index in [9.17, 15) is 14.7 Å². The van der Waals surface area contributed by atoms with E-state index < -0.39 is 17.7 Å². The maximum atomic E-state index is 13.3. The van der Waals surface area contributed by atoms with Crippen LogP contribution in [-0.2, 0) is 9.59 Å². The predicted molar refractivity (Wildman–Crippen MR) is 134 cm³/mol. The fourth-order valence-corrected chi connectivity index (χ4v) is 4.17. The van der Waals surface area contributed by atoms with Gasteiger partial charge in [0, 0.05) is 16.3 Å². The van der Waals surface area contributed by atoms with Crippen LogP contribution in [0.2, 0.25) is 5.02 Å². The van der Waals surface area contributed by atoms with Crippen molar-refractivity contribution < 1.29 is 19.4 Å². The lowest BCUT2D eigenvalue weighted by Gasteiger charge is -2.27. The minimum absolute atomic E-state index is 0.0337. The Labute approximate surface area is 204 Å². The second kappa shape index (κ2) is 9.74. The second-order valence-corrected chi connectivity index (χ2v) is 9.18. The van der Waals surface area contributed by atoms with Gasteiger partial charge in [-0.25, -0.2) is 0 Å². The zero-order valence-electron chi connectivity index (χ0n) is 19.3. The molecule has 3 aromatic rings. The molecule has 1 N–H and O–H groups in total. The quantitative estimate of drug-likeness (QED) is 0.258. The fraction of sp³-hybridized carbons (Fsp3) is 0.214. The van der Waals surface area contributed by atoms with Gasteiger partial charge in [-0.15, -0.1) is 0 Å². The van der Waals surface area contributed by atoms with E-state index in [1.165, 1.54) is 4.90 Å². The number of Topliss-reactive ketones (excluding diaryl/α,β-unsaturated/α-hetero) is 1. The first-order valence-corrected chi connectivity index (χ1v) is 11.5. The topological polar surface area (TPSA) is 66.8 Å². The lowest BCUT2D eigenvalue weighted by atomic mass is 9.95. The summed E-state index contributed by atoms with van der Waals surface area (Å²) >= 11 is 6.23. The van der Waals surface area contributed by atoms with Gasteiger partial charge >= 0.3 is 0 Å². The maximum absolute atomic E-state index is 13.3. The average molecular weight is 476 g/mol. The Bertz CT molecular complexity index is 1250. The van der Waals surface area contributed by atoms with Gasteiger partial charge in [0.15, 0.2) is 0 Å². The van der Waals surface area contributed by atoms with Crippen LogP contribution in [-0.4, -0.2) is 23.4 Å². The van der Waals surface area contributed by atoms with Crippen LogP contribution in [0.5, 0.6) is 5.75 Å². The number of hydrogen-bond donors (Lipinski definition) is 1. The molecule has 174 valence electrons. The van der Waals surface area contributed by atoms with Gasteiger partial charge in [-0.3, -0.25) is 14.5 Å². The van der Waals surface area contributed by atoms with Gasteiger partial charge in [0.25, 0.3) is 11.7 Å². The molecule has 0 radical (unpaired) electrons. The van der Waals surface area contributed by atoms with E-state index in [-0.39, 0.29) is 11.3 Å². The molecule has 34 heavy (non-hydrogen) atoms. The SMILES string of the molecule is Cc1ccc(Cl)cc1N1C(=O)C(=O)/C(=C(/O)c2ccc(OCC(C)C)cc2)C1c1ccccc1. The van der Waals surface area contributed by atoms with Gasteiger partial charge in [-0.1, -0.05) is 61.8 Å². The number of amides is 1. The minimum Gasteiger partial charge on any atom is -0.507 e. The highest BCUT2D eigenvalue weighted by Crippen LogP contribution is 2.43. The van der Waals surface area contributed by atoms with Gasteiger partial charge in [0.2, 0.25) is 0 Å². The normalized spacial score (nSPS) is 17.4.